The monoisotopic (exact) mass is 622 g/mol. The molecular weight excluding hydrogens is 576 g/mol. The van der Waals surface area contributed by atoms with Crippen LogP contribution in [0.4, 0.5) is 0 Å². The molecule has 5 aliphatic rings. The van der Waals surface area contributed by atoms with Crippen molar-refractivity contribution in [2.24, 2.45) is 21.6 Å². The van der Waals surface area contributed by atoms with Crippen molar-refractivity contribution in [3.8, 4) is 11.5 Å². The summed E-state index contributed by atoms with van der Waals surface area (Å²) in [6.45, 7) is 3.11. The number of hydrogen-bond donors (Lipinski definition) is 3. The number of aliphatic hydroxyl groups is 1. The zero-order valence-corrected chi connectivity index (χ0v) is 26.8. The van der Waals surface area contributed by atoms with Crippen LogP contribution in [0.3, 0.4) is 0 Å². The number of aryl methyl sites for hydroxylation is 1. The average molecular weight is 623 g/mol. The summed E-state index contributed by atoms with van der Waals surface area (Å²) in [7, 11) is 0. The lowest BCUT2D eigenvalue weighted by Gasteiger charge is -2.46. The lowest BCUT2D eigenvalue weighted by atomic mass is 9.57. The van der Waals surface area contributed by atoms with Gasteiger partial charge in [-0.3, -0.25) is 14.8 Å². The van der Waals surface area contributed by atoms with Crippen LogP contribution in [-0.4, -0.2) is 52.7 Å². The third kappa shape index (κ3) is 5.60. The number of aliphatic imine (C=N–C) groups is 2. The number of allylic oxidation sites excluding steroid dienone is 1. The molecule has 2 aromatic rings. The summed E-state index contributed by atoms with van der Waals surface area (Å²) in [5, 5.41) is 20.7. The van der Waals surface area contributed by atoms with Crippen molar-refractivity contribution in [1.82, 2.24) is 4.90 Å². The minimum Gasteiger partial charge on any atom is -0.504 e. The maximum absolute atomic E-state index is 12.5. The number of nitrogens with zero attached hydrogens (tertiary/aromatic N) is 3. The molecular formula is C38H46N4O4. The minimum atomic E-state index is -0.563. The Hall–Kier alpha value is -3.75. The Kier molecular flexibility index (Phi) is 8.59. The summed E-state index contributed by atoms with van der Waals surface area (Å²) in [4.78, 5) is 24.1. The second-order valence-electron chi connectivity index (χ2n) is 13.8. The van der Waals surface area contributed by atoms with E-state index in [1.807, 2.05) is 12.1 Å². The first kappa shape index (κ1) is 30.9. The van der Waals surface area contributed by atoms with Crippen molar-refractivity contribution in [3.63, 3.8) is 0 Å². The highest BCUT2D eigenvalue weighted by atomic mass is 16.5. The molecule has 3 aliphatic heterocycles. The first-order valence-corrected chi connectivity index (χ1v) is 17.2. The van der Waals surface area contributed by atoms with Crippen LogP contribution < -0.4 is 10.5 Å². The van der Waals surface area contributed by atoms with E-state index in [1.54, 1.807) is 6.07 Å². The summed E-state index contributed by atoms with van der Waals surface area (Å²) < 4.78 is 6.14. The maximum Gasteiger partial charge on any atom is 0.163 e. The molecule has 242 valence electrons. The molecule has 0 aromatic heterocycles. The molecule has 4 N–H and O–H groups in total. The van der Waals surface area contributed by atoms with Gasteiger partial charge in [-0.1, -0.05) is 56.9 Å². The fourth-order valence-electron chi connectivity index (χ4n) is 8.69. The van der Waals surface area contributed by atoms with E-state index in [-0.39, 0.29) is 36.3 Å². The summed E-state index contributed by atoms with van der Waals surface area (Å²) in [6.07, 6.45) is 14.9. The second-order valence-corrected chi connectivity index (χ2v) is 13.8. The van der Waals surface area contributed by atoms with Gasteiger partial charge in [-0.2, -0.15) is 0 Å². The predicted octanol–water partition coefficient (Wildman–Crippen LogP) is 6.37. The molecule has 8 nitrogen and oxygen atoms in total. The Bertz CT molecular complexity index is 1630. The first-order chi connectivity index (χ1) is 22.4. The lowest BCUT2D eigenvalue weighted by molar-refractivity contribution is -0.121. The van der Waals surface area contributed by atoms with E-state index in [4.69, 9.17) is 15.5 Å². The van der Waals surface area contributed by atoms with Crippen LogP contribution in [0.1, 0.15) is 105 Å². The number of phenolic OH excluding ortho intramolecular Hbond substituents is 1. The van der Waals surface area contributed by atoms with Gasteiger partial charge in [-0.05, 0) is 78.0 Å². The summed E-state index contributed by atoms with van der Waals surface area (Å²) in [5.74, 6) is 1.41. The molecule has 1 saturated carbocycles. The van der Waals surface area contributed by atoms with E-state index in [0.29, 0.717) is 43.4 Å². The summed E-state index contributed by atoms with van der Waals surface area (Å²) in [6, 6.07) is 11.9. The molecule has 5 unspecified atom stereocenters. The topological polar surface area (TPSA) is 121 Å². The smallest absolute Gasteiger partial charge is 0.163 e. The number of fused-ring (bicyclic) bond motifs is 3. The van der Waals surface area contributed by atoms with E-state index in [9.17, 15) is 15.0 Å². The van der Waals surface area contributed by atoms with E-state index in [0.717, 1.165) is 43.4 Å². The van der Waals surface area contributed by atoms with Crippen LogP contribution in [0.25, 0.3) is 0 Å². The minimum absolute atomic E-state index is 0.0591. The number of carbonyl (C=O) groups is 1. The fourth-order valence-corrected chi connectivity index (χ4v) is 8.69. The number of ketones is 1. The average Bonchev–Trinajstić information content (AvgIpc) is 3.77. The van der Waals surface area contributed by atoms with Crippen molar-refractivity contribution < 1.29 is 19.7 Å². The van der Waals surface area contributed by atoms with E-state index < -0.39 is 6.10 Å². The SMILES string of the molecule is CCCCCC(O)CC(=O)CCc1ccc(O)c(OCN2C=C3N=CC(C45CCCC4CC4C=NC(N)c6cccc5c64)=C3C2)c1. The number of phenols is 1. The standard InChI is InChI=1S/C38H46N4O4/c1-2-3-4-8-27(43)18-28(44)13-11-24-12-14-34(45)35(16-24)46-23-42-21-30-32(20-40-33(30)22-42)38-15-6-7-26(38)17-25-19-41-37(39)29-9-5-10-31(38)36(25)29/h5,9-10,12,14,16,19-20,22,25-27,37,43,45H,2-4,6-8,11,13,15,17-18,21,23,39H2,1H3. The largest absolute Gasteiger partial charge is 0.504 e. The molecule has 2 aliphatic carbocycles. The van der Waals surface area contributed by atoms with Crippen molar-refractivity contribution >= 4 is 18.2 Å². The van der Waals surface area contributed by atoms with Crippen molar-refractivity contribution in [1.29, 1.82) is 0 Å². The van der Waals surface area contributed by atoms with Gasteiger partial charge >= 0.3 is 0 Å². The predicted molar refractivity (Wildman–Crippen MR) is 180 cm³/mol. The molecule has 8 heteroatoms. The third-order valence-electron chi connectivity index (χ3n) is 10.9. The Labute approximate surface area is 271 Å². The number of Topliss-reactive ketones (excluding diaryl/α,β-unsaturated/α-hetero) is 1. The van der Waals surface area contributed by atoms with Crippen molar-refractivity contribution in [2.75, 3.05) is 13.3 Å². The highest BCUT2D eigenvalue weighted by Crippen LogP contribution is 2.61. The summed E-state index contributed by atoms with van der Waals surface area (Å²) >= 11 is 0. The zero-order chi connectivity index (χ0) is 31.8. The van der Waals surface area contributed by atoms with Crippen LogP contribution in [0.15, 0.2) is 69.4 Å². The van der Waals surface area contributed by atoms with Gasteiger partial charge in [0, 0.05) is 54.9 Å². The van der Waals surface area contributed by atoms with Gasteiger partial charge in [0.2, 0.25) is 0 Å². The van der Waals surface area contributed by atoms with Crippen LogP contribution in [0.5, 0.6) is 11.5 Å². The van der Waals surface area contributed by atoms with Gasteiger partial charge in [0.25, 0.3) is 0 Å². The van der Waals surface area contributed by atoms with Crippen LogP contribution in [0, 0.1) is 5.92 Å². The Morgan fingerprint density at radius 1 is 1.24 bits per heavy atom. The fraction of sp³-hybridized carbons (Fsp3) is 0.500. The quantitative estimate of drug-likeness (QED) is 0.224. The van der Waals surface area contributed by atoms with Gasteiger partial charge in [-0.15, -0.1) is 0 Å². The number of hydrogen-bond acceptors (Lipinski definition) is 8. The van der Waals surface area contributed by atoms with E-state index in [2.05, 4.69) is 53.6 Å². The molecule has 2 aromatic carbocycles. The Balaban J connectivity index is 1.03. The molecule has 0 saturated heterocycles. The van der Waals surface area contributed by atoms with Gasteiger partial charge < -0.3 is 25.6 Å². The van der Waals surface area contributed by atoms with E-state index >= 15 is 0 Å². The highest BCUT2D eigenvalue weighted by molar-refractivity contribution is 5.91. The molecule has 0 bridgehead atoms. The summed E-state index contributed by atoms with van der Waals surface area (Å²) in [5.41, 5.74) is 14.9. The van der Waals surface area contributed by atoms with Gasteiger partial charge in [-0.25, -0.2) is 0 Å². The molecule has 0 spiro atoms. The van der Waals surface area contributed by atoms with Gasteiger partial charge in [0.15, 0.2) is 18.2 Å². The Morgan fingerprint density at radius 2 is 2.13 bits per heavy atom. The van der Waals surface area contributed by atoms with Gasteiger partial charge in [0.05, 0.1) is 11.8 Å². The normalized spacial score (nSPS) is 26.2. The Morgan fingerprint density at radius 3 is 3.00 bits per heavy atom. The number of unbranched alkanes of at least 4 members (excludes halogenated alkanes) is 2. The lowest BCUT2D eigenvalue weighted by Crippen LogP contribution is -2.42. The molecule has 3 heterocycles. The molecule has 5 atom stereocenters. The van der Waals surface area contributed by atoms with Crippen LogP contribution >= 0.6 is 0 Å². The molecule has 0 radical (unpaired) electrons. The molecule has 0 amide bonds. The highest BCUT2D eigenvalue weighted by Gasteiger charge is 2.54. The maximum atomic E-state index is 12.5. The van der Waals surface area contributed by atoms with Crippen molar-refractivity contribution in [2.45, 2.75) is 101 Å². The number of ether oxygens (including phenoxy) is 1. The number of aromatic hydroxyl groups is 1. The van der Waals surface area contributed by atoms with E-state index in [1.165, 1.54) is 40.7 Å². The number of benzene rings is 2. The first-order valence-electron chi connectivity index (χ1n) is 17.2. The van der Waals surface area contributed by atoms with Crippen LogP contribution in [-0.2, 0) is 16.6 Å². The third-order valence-corrected chi connectivity index (χ3v) is 10.9. The number of carbonyl (C=O) groups excluding carboxylic acids is 1. The molecule has 46 heavy (non-hydrogen) atoms. The van der Waals surface area contributed by atoms with Crippen molar-refractivity contribution in [3.05, 3.63) is 81.7 Å². The number of nitrogens with two attached hydrogens (primary N) is 1. The zero-order valence-electron chi connectivity index (χ0n) is 26.8. The molecule has 1 fully saturated rings. The number of rotatable bonds is 13. The van der Waals surface area contributed by atoms with Crippen LogP contribution in [0.2, 0.25) is 0 Å². The van der Waals surface area contributed by atoms with Gasteiger partial charge in [0.1, 0.15) is 11.9 Å². The molecule has 7 rings (SSSR count). The second kappa shape index (κ2) is 12.8. The number of aliphatic hydroxyl groups excluding tert-OH is 1.